The molecule has 0 fully saturated rings. The van der Waals surface area contributed by atoms with E-state index in [1.807, 2.05) is 30.1 Å². The Kier molecular flexibility index (Phi) is 5.33. The number of hydrogen-bond donors (Lipinski definition) is 3. The lowest BCUT2D eigenvalue weighted by Gasteiger charge is -2.26. The maximum Gasteiger partial charge on any atom is 0.248 e. The smallest absolute Gasteiger partial charge is 0.248 e. The molecule has 0 atom stereocenters. The van der Waals surface area contributed by atoms with Gasteiger partial charge in [0.25, 0.3) is 0 Å². The first-order valence-electron chi connectivity index (χ1n) is 9.12. The van der Waals surface area contributed by atoms with Crippen LogP contribution in [-0.4, -0.2) is 57.4 Å². The molecule has 28 heavy (non-hydrogen) atoms. The van der Waals surface area contributed by atoms with Crippen LogP contribution in [0, 0.1) is 0 Å². The van der Waals surface area contributed by atoms with Crippen LogP contribution in [0.1, 0.15) is 11.3 Å². The van der Waals surface area contributed by atoms with Crippen LogP contribution in [0.15, 0.2) is 18.3 Å². The van der Waals surface area contributed by atoms with E-state index < -0.39 is 6.61 Å². The Morgan fingerprint density at radius 2 is 2.25 bits per heavy atom. The highest BCUT2D eigenvalue weighted by molar-refractivity contribution is 6.45. The molecule has 2 aromatic heterocycles. The van der Waals surface area contributed by atoms with Crippen molar-refractivity contribution in [2.75, 3.05) is 26.7 Å². The van der Waals surface area contributed by atoms with Crippen molar-refractivity contribution < 1.29 is 9.90 Å². The molecule has 7 nitrogen and oxygen atoms in total. The minimum Gasteiger partial charge on any atom is -0.387 e. The molecule has 0 aliphatic carbocycles. The first kappa shape index (κ1) is 19.3. The molecular weight excluding hydrogens is 401 g/mol. The monoisotopic (exact) mass is 421 g/mol. The number of aliphatic hydroxyl groups excluding tert-OH is 1. The summed E-state index contributed by atoms with van der Waals surface area (Å²) in [5, 5.41) is 18.9. The molecule has 3 N–H and O–H groups in total. The molecule has 1 aliphatic rings. The van der Waals surface area contributed by atoms with Gasteiger partial charge in [0.15, 0.2) is 0 Å². The van der Waals surface area contributed by atoms with Gasteiger partial charge in [-0.2, -0.15) is 5.10 Å². The topological polar surface area (TPSA) is 86.2 Å². The van der Waals surface area contributed by atoms with Crippen LogP contribution in [0.3, 0.4) is 0 Å². The van der Waals surface area contributed by atoms with Gasteiger partial charge in [0.1, 0.15) is 6.61 Å². The number of benzene rings is 1. The summed E-state index contributed by atoms with van der Waals surface area (Å²) in [6, 6.07) is 3.78. The second-order valence-corrected chi connectivity index (χ2v) is 7.63. The van der Waals surface area contributed by atoms with E-state index >= 15 is 0 Å². The highest BCUT2D eigenvalue weighted by Gasteiger charge is 2.27. The number of H-pyrrole nitrogens is 1. The molecule has 0 radical (unpaired) electrons. The lowest BCUT2D eigenvalue weighted by molar-refractivity contribution is -0.135. The Morgan fingerprint density at radius 3 is 3.00 bits per heavy atom. The first-order valence-corrected chi connectivity index (χ1v) is 9.87. The molecule has 3 aromatic rings. The maximum absolute atomic E-state index is 12.0. The van der Waals surface area contributed by atoms with Gasteiger partial charge in [-0.15, -0.1) is 0 Å². The van der Waals surface area contributed by atoms with Crippen LogP contribution in [0.4, 0.5) is 0 Å². The fourth-order valence-electron chi connectivity index (χ4n) is 3.71. The number of aliphatic hydroxyl groups is 1. The molecule has 3 heterocycles. The fourth-order valence-corrected chi connectivity index (χ4v) is 4.11. The van der Waals surface area contributed by atoms with Gasteiger partial charge < -0.3 is 20.3 Å². The number of amides is 1. The summed E-state index contributed by atoms with van der Waals surface area (Å²) >= 11 is 12.9. The lowest BCUT2D eigenvalue weighted by Crippen LogP contribution is -2.37. The first-order chi connectivity index (χ1) is 13.5. The molecule has 1 aromatic carbocycles. The van der Waals surface area contributed by atoms with Crippen LogP contribution >= 0.6 is 23.2 Å². The van der Waals surface area contributed by atoms with Crippen molar-refractivity contribution in [3.8, 4) is 11.3 Å². The minimum atomic E-state index is -0.493. The van der Waals surface area contributed by atoms with E-state index in [0.717, 1.165) is 46.5 Å². The maximum atomic E-state index is 12.0. The van der Waals surface area contributed by atoms with E-state index in [0.29, 0.717) is 29.6 Å². The van der Waals surface area contributed by atoms with E-state index in [1.54, 1.807) is 4.90 Å². The number of aromatic amines is 1. The number of aromatic nitrogens is 3. The van der Waals surface area contributed by atoms with Crippen molar-refractivity contribution in [3.05, 3.63) is 39.6 Å². The van der Waals surface area contributed by atoms with E-state index in [2.05, 4.69) is 15.4 Å². The van der Waals surface area contributed by atoms with Gasteiger partial charge in [0, 0.05) is 54.5 Å². The van der Waals surface area contributed by atoms with Gasteiger partial charge >= 0.3 is 0 Å². The Morgan fingerprint density at radius 1 is 1.43 bits per heavy atom. The third-order valence-corrected chi connectivity index (χ3v) is 5.93. The van der Waals surface area contributed by atoms with Gasteiger partial charge in [-0.3, -0.25) is 9.48 Å². The lowest BCUT2D eigenvalue weighted by atomic mass is 9.99. The quantitative estimate of drug-likeness (QED) is 0.590. The van der Waals surface area contributed by atoms with Gasteiger partial charge in [0.05, 0.1) is 27.8 Å². The molecule has 0 bridgehead atoms. The number of nitrogens with zero attached hydrogens (tertiary/aromatic N) is 3. The second-order valence-electron chi connectivity index (χ2n) is 6.84. The van der Waals surface area contributed by atoms with Crippen LogP contribution in [0.5, 0.6) is 0 Å². The van der Waals surface area contributed by atoms with E-state index in [-0.39, 0.29) is 5.91 Å². The number of nitrogens with one attached hydrogen (secondary N) is 2. The molecule has 148 valence electrons. The van der Waals surface area contributed by atoms with Crippen molar-refractivity contribution in [1.29, 1.82) is 0 Å². The molecule has 1 amide bonds. The number of fused-ring (bicyclic) bond motifs is 3. The molecule has 0 saturated carbocycles. The van der Waals surface area contributed by atoms with E-state index in [4.69, 9.17) is 23.2 Å². The average Bonchev–Trinajstić information content (AvgIpc) is 3.33. The predicted octanol–water partition coefficient (Wildman–Crippen LogP) is 2.43. The zero-order valence-electron chi connectivity index (χ0n) is 15.4. The van der Waals surface area contributed by atoms with Crippen molar-refractivity contribution in [3.63, 3.8) is 0 Å². The summed E-state index contributed by atoms with van der Waals surface area (Å²) in [6.07, 6.45) is 2.60. The summed E-state index contributed by atoms with van der Waals surface area (Å²) in [4.78, 5) is 17.1. The number of rotatable bonds is 5. The van der Waals surface area contributed by atoms with Crippen LogP contribution in [0.2, 0.25) is 10.0 Å². The third kappa shape index (κ3) is 3.28. The largest absolute Gasteiger partial charge is 0.387 e. The fraction of sp³-hybridized carbons (Fsp3) is 0.368. The Bertz CT molecular complexity index is 1040. The summed E-state index contributed by atoms with van der Waals surface area (Å²) in [5.41, 5.74) is 4.48. The normalized spacial score (nSPS) is 13.9. The van der Waals surface area contributed by atoms with Crippen LogP contribution < -0.4 is 5.32 Å². The van der Waals surface area contributed by atoms with Gasteiger partial charge in [-0.25, -0.2) is 0 Å². The number of carbonyl (C=O) groups is 1. The van der Waals surface area contributed by atoms with Crippen molar-refractivity contribution >= 4 is 40.0 Å². The Labute approximate surface area is 172 Å². The second kappa shape index (κ2) is 7.75. The van der Waals surface area contributed by atoms with E-state index in [9.17, 15) is 9.90 Å². The van der Waals surface area contributed by atoms with Crippen LogP contribution in [0.25, 0.3) is 22.2 Å². The van der Waals surface area contributed by atoms with Gasteiger partial charge in [-0.1, -0.05) is 23.2 Å². The summed E-state index contributed by atoms with van der Waals surface area (Å²) in [6.45, 7) is 2.05. The SMILES string of the molecule is CNCCn1ccc(-c2cc(Cl)c(Cl)c3[nH]c4c(c23)CN(C(=O)CO)CC4)n1. The van der Waals surface area contributed by atoms with E-state index in [1.165, 1.54) is 0 Å². The number of carbonyl (C=O) groups excluding carboxylic acids is 1. The molecule has 4 rings (SSSR count). The molecule has 0 saturated heterocycles. The number of halogens is 2. The van der Waals surface area contributed by atoms with Gasteiger partial charge in [0.2, 0.25) is 5.91 Å². The molecular formula is C19H21Cl2N5O2. The molecule has 9 heteroatoms. The highest BCUT2D eigenvalue weighted by Crippen LogP contribution is 2.41. The standard InChI is InChI=1S/C19H21Cl2N5O2/c1-22-4-7-26-6-3-15(24-26)11-8-13(20)18(21)19-17(11)12-9-25(16(28)10-27)5-2-14(12)23-19/h3,6,8,22-23,27H,2,4-5,7,9-10H2,1H3. The summed E-state index contributed by atoms with van der Waals surface area (Å²) in [5.74, 6) is -0.280. The number of likely N-dealkylation sites (N-methyl/N-ethyl adjacent to an activating group) is 1. The van der Waals surface area contributed by atoms with Crippen molar-refractivity contribution in [2.45, 2.75) is 19.5 Å². The molecule has 0 unspecified atom stereocenters. The zero-order chi connectivity index (χ0) is 19.8. The summed E-state index contributed by atoms with van der Waals surface area (Å²) < 4.78 is 1.88. The van der Waals surface area contributed by atoms with Gasteiger partial charge in [-0.05, 0) is 19.2 Å². The Balaban J connectivity index is 1.85. The van der Waals surface area contributed by atoms with Crippen molar-refractivity contribution in [1.82, 2.24) is 25.0 Å². The van der Waals surface area contributed by atoms with Crippen LogP contribution in [-0.2, 0) is 24.3 Å². The summed E-state index contributed by atoms with van der Waals surface area (Å²) in [7, 11) is 1.90. The zero-order valence-corrected chi connectivity index (χ0v) is 16.9. The highest BCUT2D eigenvalue weighted by atomic mass is 35.5. The Hall–Kier alpha value is -2.06. The number of hydrogen-bond acceptors (Lipinski definition) is 4. The van der Waals surface area contributed by atoms with Crippen molar-refractivity contribution in [2.24, 2.45) is 0 Å². The molecule has 1 aliphatic heterocycles. The molecule has 0 spiro atoms. The average molecular weight is 422 g/mol. The predicted molar refractivity (Wildman–Crippen MR) is 110 cm³/mol. The minimum absolute atomic E-state index is 0.280. The third-order valence-electron chi connectivity index (χ3n) is 5.14.